The molecule has 1 aromatic heterocycles. The Kier molecular flexibility index (Phi) is 4.44. The second-order valence-electron chi connectivity index (χ2n) is 4.90. The van der Waals surface area contributed by atoms with E-state index < -0.39 is 6.61 Å². The number of hydrogen-bond acceptors (Lipinski definition) is 4. The van der Waals surface area contributed by atoms with E-state index in [4.69, 9.17) is 9.52 Å². The molecule has 0 spiro atoms. The number of carbonyl (C=O) groups is 2. The number of hydrogen-bond donors (Lipinski definition) is 1. The highest BCUT2D eigenvalue weighted by molar-refractivity contribution is 5.92. The first-order valence-corrected chi connectivity index (χ1v) is 6.84. The van der Waals surface area contributed by atoms with E-state index in [2.05, 4.69) is 0 Å². The van der Waals surface area contributed by atoms with E-state index in [-0.39, 0.29) is 11.8 Å². The predicted octanol–water partition coefficient (Wildman–Crippen LogP) is 0.427. The number of furan rings is 1. The number of amides is 2. The third-order valence-corrected chi connectivity index (χ3v) is 3.61. The second-order valence-corrected chi connectivity index (χ2v) is 4.90. The summed E-state index contributed by atoms with van der Waals surface area (Å²) in [4.78, 5) is 26.9. The standard InChI is InChI=1S/C14H20N2O4/c1-3-11-10(2)8-12(20-11)14(19)16-6-4-15(5-7-16)13(18)9-17/h8,17H,3-7,9H2,1-2H3. The second kappa shape index (κ2) is 6.09. The summed E-state index contributed by atoms with van der Waals surface area (Å²) in [6.45, 7) is 5.26. The van der Waals surface area contributed by atoms with Crippen LogP contribution in [-0.2, 0) is 11.2 Å². The quantitative estimate of drug-likeness (QED) is 0.871. The van der Waals surface area contributed by atoms with Gasteiger partial charge in [0.15, 0.2) is 5.76 Å². The Hall–Kier alpha value is -1.82. The zero-order valence-electron chi connectivity index (χ0n) is 11.9. The van der Waals surface area contributed by atoms with E-state index >= 15 is 0 Å². The van der Waals surface area contributed by atoms with Crippen molar-refractivity contribution in [1.82, 2.24) is 9.80 Å². The smallest absolute Gasteiger partial charge is 0.289 e. The number of piperazine rings is 1. The summed E-state index contributed by atoms with van der Waals surface area (Å²) in [5.74, 6) is 0.770. The summed E-state index contributed by atoms with van der Waals surface area (Å²) < 4.78 is 5.56. The maximum Gasteiger partial charge on any atom is 0.289 e. The van der Waals surface area contributed by atoms with Gasteiger partial charge < -0.3 is 19.3 Å². The zero-order chi connectivity index (χ0) is 14.7. The van der Waals surface area contributed by atoms with Crippen LogP contribution in [0.5, 0.6) is 0 Å². The Morgan fingerprint density at radius 2 is 1.85 bits per heavy atom. The van der Waals surface area contributed by atoms with E-state index in [9.17, 15) is 9.59 Å². The molecule has 0 unspecified atom stereocenters. The van der Waals surface area contributed by atoms with Crippen molar-refractivity contribution < 1.29 is 19.1 Å². The van der Waals surface area contributed by atoms with Gasteiger partial charge in [-0.3, -0.25) is 9.59 Å². The molecule has 0 radical (unpaired) electrons. The van der Waals surface area contributed by atoms with Gasteiger partial charge >= 0.3 is 0 Å². The molecular formula is C14H20N2O4. The first-order chi connectivity index (χ1) is 9.56. The maximum atomic E-state index is 12.3. The zero-order valence-corrected chi connectivity index (χ0v) is 11.9. The molecule has 1 saturated heterocycles. The Labute approximate surface area is 118 Å². The average Bonchev–Trinajstić information content (AvgIpc) is 2.87. The lowest BCUT2D eigenvalue weighted by Gasteiger charge is -2.34. The molecule has 2 heterocycles. The highest BCUT2D eigenvalue weighted by Gasteiger charge is 2.26. The molecule has 1 aromatic rings. The molecule has 0 saturated carbocycles. The number of nitrogens with zero attached hydrogens (tertiary/aromatic N) is 2. The third-order valence-electron chi connectivity index (χ3n) is 3.61. The highest BCUT2D eigenvalue weighted by atomic mass is 16.4. The van der Waals surface area contributed by atoms with Gasteiger partial charge in [-0.05, 0) is 18.6 Å². The molecule has 2 rings (SSSR count). The summed E-state index contributed by atoms with van der Waals surface area (Å²) in [6.07, 6.45) is 0.762. The van der Waals surface area contributed by atoms with Gasteiger partial charge in [0.2, 0.25) is 5.91 Å². The summed E-state index contributed by atoms with van der Waals surface area (Å²) in [5.41, 5.74) is 0.991. The fourth-order valence-corrected chi connectivity index (χ4v) is 2.39. The number of aliphatic hydroxyl groups excluding tert-OH is 1. The Morgan fingerprint density at radius 1 is 1.25 bits per heavy atom. The van der Waals surface area contributed by atoms with Crippen molar-refractivity contribution in [2.24, 2.45) is 0 Å². The molecular weight excluding hydrogens is 260 g/mol. The Morgan fingerprint density at radius 3 is 2.35 bits per heavy atom. The van der Waals surface area contributed by atoms with Crippen LogP contribution in [0.3, 0.4) is 0 Å². The lowest BCUT2D eigenvalue weighted by molar-refractivity contribution is -0.135. The SMILES string of the molecule is CCc1oc(C(=O)N2CCN(C(=O)CO)CC2)cc1C. The van der Waals surface area contributed by atoms with Crippen LogP contribution in [0, 0.1) is 6.92 Å². The predicted molar refractivity (Wildman–Crippen MR) is 72.4 cm³/mol. The molecule has 20 heavy (non-hydrogen) atoms. The maximum absolute atomic E-state index is 12.3. The molecule has 1 fully saturated rings. The minimum absolute atomic E-state index is 0.135. The number of aryl methyl sites for hydroxylation is 2. The molecule has 1 aliphatic heterocycles. The van der Waals surface area contributed by atoms with Gasteiger partial charge in [-0.1, -0.05) is 6.92 Å². The molecule has 110 valence electrons. The molecule has 0 bridgehead atoms. The van der Waals surface area contributed by atoms with Crippen LogP contribution in [-0.4, -0.2) is 59.5 Å². The molecule has 6 heteroatoms. The third kappa shape index (κ3) is 2.85. The summed E-state index contributed by atoms with van der Waals surface area (Å²) in [7, 11) is 0. The Bertz CT molecular complexity index is 501. The van der Waals surface area contributed by atoms with Crippen LogP contribution in [0.15, 0.2) is 10.5 Å². The fourth-order valence-electron chi connectivity index (χ4n) is 2.39. The molecule has 0 aromatic carbocycles. The van der Waals surface area contributed by atoms with Gasteiger partial charge in [0, 0.05) is 32.6 Å². The van der Waals surface area contributed by atoms with E-state index in [1.165, 1.54) is 0 Å². The van der Waals surface area contributed by atoms with Crippen LogP contribution in [0.2, 0.25) is 0 Å². The number of rotatable bonds is 3. The van der Waals surface area contributed by atoms with Crippen molar-refractivity contribution in [2.45, 2.75) is 20.3 Å². The summed E-state index contributed by atoms with van der Waals surface area (Å²) in [5, 5.41) is 8.81. The average molecular weight is 280 g/mol. The first kappa shape index (κ1) is 14.6. The van der Waals surface area contributed by atoms with Gasteiger partial charge in [-0.15, -0.1) is 0 Å². The summed E-state index contributed by atoms with van der Waals surface area (Å²) in [6, 6.07) is 1.77. The largest absolute Gasteiger partial charge is 0.456 e. The van der Waals surface area contributed by atoms with Crippen molar-refractivity contribution >= 4 is 11.8 Å². The normalized spacial score (nSPS) is 15.6. The van der Waals surface area contributed by atoms with Crippen LogP contribution < -0.4 is 0 Å². The van der Waals surface area contributed by atoms with E-state index in [1.54, 1.807) is 15.9 Å². The van der Waals surface area contributed by atoms with Gasteiger partial charge in [0.25, 0.3) is 5.91 Å². The monoisotopic (exact) mass is 280 g/mol. The van der Waals surface area contributed by atoms with Crippen molar-refractivity contribution in [1.29, 1.82) is 0 Å². The minimum Gasteiger partial charge on any atom is -0.456 e. The van der Waals surface area contributed by atoms with Gasteiger partial charge in [-0.25, -0.2) is 0 Å². The summed E-state index contributed by atoms with van der Waals surface area (Å²) >= 11 is 0. The number of carbonyl (C=O) groups excluding carboxylic acids is 2. The molecule has 6 nitrogen and oxygen atoms in total. The molecule has 2 amide bonds. The minimum atomic E-state index is -0.481. The lowest BCUT2D eigenvalue weighted by Crippen LogP contribution is -2.51. The Balaban J connectivity index is 1.99. The van der Waals surface area contributed by atoms with E-state index in [0.29, 0.717) is 31.9 Å². The van der Waals surface area contributed by atoms with Crippen LogP contribution in [0.25, 0.3) is 0 Å². The highest BCUT2D eigenvalue weighted by Crippen LogP contribution is 2.17. The first-order valence-electron chi connectivity index (χ1n) is 6.84. The molecule has 0 atom stereocenters. The van der Waals surface area contributed by atoms with Crippen LogP contribution in [0.1, 0.15) is 28.8 Å². The molecule has 0 aliphatic carbocycles. The van der Waals surface area contributed by atoms with Gasteiger partial charge in [0.1, 0.15) is 12.4 Å². The van der Waals surface area contributed by atoms with Crippen molar-refractivity contribution in [3.8, 4) is 0 Å². The van der Waals surface area contributed by atoms with Crippen LogP contribution in [0.4, 0.5) is 0 Å². The van der Waals surface area contributed by atoms with Crippen molar-refractivity contribution in [3.63, 3.8) is 0 Å². The van der Waals surface area contributed by atoms with Crippen LogP contribution >= 0.6 is 0 Å². The molecule has 1 aliphatic rings. The lowest BCUT2D eigenvalue weighted by atomic mass is 10.2. The van der Waals surface area contributed by atoms with Gasteiger partial charge in [-0.2, -0.15) is 0 Å². The van der Waals surface area contributed by atoms with Crippen molar-refractivity contribution in [2.75, 3.05) is 32.8 Å². The number of aliphatic hydroxyl groups is 1. The van der Waals surface area contributed by atoms with E-state index in [1.807, 2.05) is 13.8 Å². The fraction of sp³-hybridized carbons (Fsp3) is 0.571. The van der Waals surface area contributed by atoms with E-state index in [0.717, 1.165) is 17.7 Å². The topological polar surface area (TPSA) is 74.0 Å². The van der Waals surface area contributed by atoms with Crippen molar-refractivity contribution in [3.05, 3.63) is 23.2 Å². The molecule has 1 N–H and O–H groups in total. The van der Waals surface area contributed by atoms with Gasteiger partial charge in [0.05, 0.1) is 0 Å².